The number of benzene rings is 1. The monoisotopic (exact) mass is 467 g/mol. The van der Waals surface area contributed by atoms with E-state index in [-0.39, 0.29) is 35.7 Å². The topological polar surface area (TPSA) is 101 Å². The van der Waals surface area contributed by atoms with Crippen LogP contribution in [0.5, 0.6) is 0 Å². The number of anilines is 1. The standard InChI is InChI=1S/C22H27F2N3O4S/c1-22(2,29)13-27-9-8-20(26-27)25-21(28)17(10-14-11-18(23)19(24)12-14)15-4-6-16(7-5-15)32(3,30)31/h4-10,14,18-19,29H,11-13H2,1-3H3,(H,25,26,28)/b17-10+/t14?,18-,19+. The number of halogens is 2. The normalized spacial score (nSPS) is 22.2. The average molecular weight is 468 g/mol. The quantitative estimate of drug-likeness (QED) is 0.609. The summed E-state index contributed by atoms with van der Waals surface area (Å²) in [4.78, 5) is 13.2. The number of carbonyl (C=O) groups is 1. The minimum atomic E-state index is -3.42. The van der Waals surface area contributed by atoms with Gasteiger partial charge in [0, 0.05) is 24.1 Å². The molecule has 1 unspecified atom stereocenters. The zero-order valence-electron chi connectivity index (χ0n) is 18.1. The van der Waals surface area contributed by atoms with Gasteiger partial charge in [-0.05, 0) is 50.3 Å². The summed E-state index contributed by atoms with van der Waals surface area (Å²) in [6.45, 7) is 3.48. The number of hydrogen-bond acceptors (Lipinski definition) is 5. The van der Waals surface area contributed by atoms with E-state index < -0.39 is 39.6 Å². The summed E-state index contributed by atoms with van der Waals surface area (Å²) >= 11 is 0. The predicted octanol–water partition coefficient (Wildman–Crippen LogP) is 3.17. The van der Waals surface area contributed by atoms with Crippen LogP contribution < -0.4 is 5.32 Å². The van der Waals surface area contributed by atoms with Gasteiger partial charge in [0.15, 0.2) is 15.7 Å². The molecule has 1 aliphatic carbocycles. The molecule has 1 heterocycles. The average Bonchev–Trinajstić information content (AvgIpc) is 3.23. The Bertz CT molecular complexity index is 1090. The molecule has 2 aromatic rings. The molecule has 0 spiro atoms. The molecule has 1 aromatic carbocycles. The second-order valence-electron chi connectivity index (χ2n) is 8.81. The molecule has 1 fully saturated rings. The number of aromatic nitrogens is 2. The van der Waals surface area contributed by atoms with Crippen LogP contribution in [0.1, 0.15) is 32.3 Å². The molecular weight excluding hydrogens is 440 g/mol. The van der Waals surface area contributed by atoms with E-state index in [1.54, 1.807) is 26.1 Å². The van der Waals surface area contributed by atoms with Crippen molar-refractivity contribution in [3.8, 4) is 0 Å². The fraction of sp³-hybridized carbons (Fsp3) is 0.455. The van der Waals surface area contributed by atoms with Gasteiger partial charge in [-0.1, -0.05) is 18.2 Å². The Morgan fingerprint density at radius 3 is 2.34 bits per heavy atom. The highest BCUT2D eigenvalue weighted by Crippen LogP contribution is 2.34. The Labute approximate surface area is 186 Å². The Morgan fingerprint density at radius 1 is 1.22 bits per heavy atom. The van der Waals surface area contributed by atoms with Crippen LogP contribution in [-0.4, -0.2) is 53.4 Å². The maximum absolute atomic E-state index is 13.7. The van der Waals surface area contributed by atoms with Crippen LogP contribution in [0.15, 0.2) is 47.5 Å². The molecule has 3 rings (SSSR count). The van der Waals surface area contributed by atoms with E-state index in [0.29, 0.717) is 5.56 Å². The number of carbonyl (C=O) groups excluding carboxylic acids is 1. The van der Waals surface area contributed by atoms with Gasteiger partial charge in [0.25, 0.3) is 5.91 Å². The van der Waals surface area contributed by atoms with Crippen molar-refractivity contribution in [2.75, 3.05) is 11.6 Å². The van der Waals surface area contributed by atoms with Crippen LogP contribution in [-0.2, 0) is 21.2 Å². The number of rotatable bonds is 7. The maximum atomic E-state index is 13.7. The van der Waals surface area contributed by atoms with Crippen molar-refractivity contribution < 1.29 is 27.1 Å². The third-order valence-electron chi connectivity index (χ3n) is 5.12. The van der Waals surface area contributed by atoms with Crippen molar-refractivity contribution in [1.29, 1.82) is 0 Å². The molecule has 3 atom stereocenters. The lowest BCUT2D eigenvalue weighted by molar-refractivity contribution is -0.111. The molecule has 2 N–H and O–H groups in total. The summed E-state index contributed by atoms with van der Waals surface area (Å²) in [5.74, 6) is -0.762. The fourth-order valence-corrected chi connectivity index (χ4v) is 4.25. The zero-order valence-corrected chi connectivity index (χ0v) is 18.9. The van der Waals surface area contributed by atoms with Crippen molar-refractivity contribution in [1.82, 2.24) is 9.78 Å². The SMILES string of the molecule is CC(C)(O)Cn1ccc(NC(=O)/C(=C/C2C[C@@H](F)[C@@H](F)C2)c2ccc(S(C)(=O)=O)cc2)n1. The molecule has 0 aliphatic heterocycles. The molecule has 0 bridgehead atoms. The summed E-state index contributed by atoms with van der Waals surface area (Å²) in [6.07, 6.45) is 1.01. The molecule has 1 saturated carbocycles. The van der Waals surface area contributed by atoms with Crippen molar-refractivity contribution in [2.24, 2.45) is 5.92 Å². The molecule has 10 heteroatoms. The number of alkyl halides is 2. The number of hydrogen-bond donors (Lipinski definition) is 2. The van der Waals surface area contributed by atoms with Gasteiger partial charge in [-0.15, -0.1) is 0 Å². The van der Waals surface area contributed by atoms with Crippen LogP contribution in [0, 0.1) is 5.92 Å². The van der Waals surface area contributed by atoms with Crippen LogP contribution in [0.4, 0.5) is 14.6 Å². The molecular formula is C22H27F2N3O4S. The fourth-order valence-electron chi connectivity index (χ4n) is 3.62. The van der Waals surface area contributed by atoms with Gasteiger partial charge in [0.05, 0.1) is 17.0 Å². The summed E-state index contributed by atoms with van der Waals surface area (Å²) in [5.41, 5.74) is -0.398. The summed E-state index contributed by atoms with van der Waals surface area (Å²) in [7, 11) is -3.42. The number of nitrogens with zero attached hydrogens (tertiary/aromatic N) is 2. The molecule has 1 amide bonds. The Kier molecular flexibility index (Phi) is 6.85. The molecule has 0 saturated heterocycles. The molecule has 32 heavy (non-hydrogen) atoms. The molecule has 1 aromatic heterocycles. The lowest BCUT2D eigenvalue weighted by atomic mass is 9.98. The predicted molar refractivity (Wildman–Crippen MR) is 117 cm³/mol. The van der Waals surface area contributed by atoms with Gasteiger partial charge in [-0.2, -0.15) is 5.10 Å². The lowest BCUT2D eigenvalue weighted by Gasteiger charge is -2.16. The third kappa shape index (κ3) is 6.23. The first-order valence-electron chi connectivity index (χ1n) is 10.2. The van der Waals surface area contributed by atoms with Crippen molar-refractivity contribution in [3.05, 3.63) is 48.2 Å². The second kappa shape index (κ2) is 9.11. The number of amides is 1. The minimum absolute atomic E-state index is 0.0282. The highest BCUT2D eigenvalue weighted by atomic mass is 32.2. The smallest absolute Gasteiger partial charge is 0.257 e. The van der Waals surface area contributed by atoms with Crippen molar-refractivity contribution in [3.63, 3.8) is 0 Å². The van der Waals surface area contributed by atoms with Gasteiger partial charge < -0.3 is 10.4 Å². The number of allylic oxidation sites excluding steroid dienone is 1. The molecule has 7 nitrogen and oxygen atoms in total. The van der Waals surface area contributed by atoms with Gasteiger partial charge in [0.2, 0.25) is 0 Å². The highest BCUT2D eigenvalue weighted by molar-refractivity contribution is 7.90. The van der Waals surface area contributed by atoms with E-state index in [1.807, 2.05) is 0 Å². The first-order chi connectivity index (χ1) is 14.8. The highest BCUT2D eigenvalue weighted by Gasteiger charge is 2.34. The molecule has 1 aliphatic rings. The van der Waals surface area contributed by atoms with E-state index in [2.05, 4.69) is 10.4 Å². The molecule has 174 valence electrons. The van der Waals surface area contributed by atoms with E-state index in [0.717, 1.165) is 6.26 Å². The van der Waals surface area contributed by atoms with Crippen molar-refractivity contribution in [2.45, 2.75) is 56.1 Å². The lowest BCUT2D eigenvalue weighted by Crippen LogP contribution is -2.26. The van der Waals surface area contributed by atoms with E-state index in [1.165, 1.54) is 35.0 Å². The summed E-state index contributed by atoms with van der Waals surface area (Å²) in [6, 6.07) is 7.31. The Balaban J connectivity index is 1.88. The number of sulfone groups is 1. The van der Waals surface area contributed by atoms with Crippen LogP contribution in [0.2, 0.25) is 0 Å². The third-order valence-corrected chi connectivity index (χ3v) is 6.25. The largest absolute Gasteiger partial charge is 0.389 e. The van der Waals surface area contributed by atoms with E-state index >= 15 is 0 Å². The van der Waals surface area contributed by atoms with Gasteiger partial charge in [-0.25, -0.2) is 17.2 Å². The van der Waals surface area contributed by atoms with Gasteiger partial charge >= 0.3 is 0 Å². The van der Waals surface area contributed by atoms with E-state index in [9.17, 15) is 27.1 Å². The maximum Gasteiger partial charge on any atom is 0.257 e. The number of nitrogens with one attached hydrogen (secondary N) is 1. The first-order valence-corrected chi connectivity index (χ1v) is 12.1. The molecule has 0 radical (unpaired) electrons. The van der Waals surface area contributed by atoms with Crippen LogP contribution in [0.25, 0.3) is 5.57 Å². The zero-order chi connectivity index (χ0) is 23.7. The Morgan fingerprint density at radius 2 is 1.81 bits per heavy atom. The van der Waals surface area contributed by atoms with Gasteiger partial charge in [0.1, 0.15) is 12.3 Å². The van der Waals surface area contributed by atoms with Crippen molar-refractivity contribution >= 4 is 27.1 Å². The second-order valence-corrected chi connectivity index (χ2v) is 10.8. The Hall–Kier alpha value is -2.59. The minimum Gasteiger partial charge on any atom is -0.389 e. The summed E-state index contributed by atoms with van der Waals surface area (Å²) < 4.78 is 52.3. The first kappa shape index (κ1) is 24.1. The summed E-state index contributed by atoms with van der Waals surface area (Å²) in [5, 5.41) is 16.8. The van der Waals surface area contributed by atoms with E-state index in [4.69, 9.17) is 0 Å². The number of aliphatic hydroxyl groups is 1. The van der Waals surface area contributed by atoms with Crippen LogP contribution >= 0.6 is 0 Å². The van der Waals surface area contributed by atoms with Crippen LogP contribution in [0.3, 0.4) is 0 Å². The van der Waals surface area contributed by atoms with Gasteiger partial charge in [-0.3, -0.25) is 9.48 Å².